The Hall–Kier alpha value is -2.25. The van der Waals surface area contributed by atoms with Gasteiger partial charge in [0.2, 0.25) is 0 Å². The summed E-state index contributed by atoms with van der Waals surface area (Å²) in [7, 11) is 0. The highest BCUT2D eigenvalue weighted by molar-refractivity contribution is 5.96. The van der Waals surface area contributed by atoms with Gasteiger partial charge >= 0.3 is 0 Å². The number of H-pyrrole nitrogens is 1. The largest absolute Gasteiger partial charge is 0.310 e. The molecule has 0 aliphatic carbocycles. The first kappa shape index (κ1) is 13.2. The molecule has 19 heavy (non-hydrogen) atoms. The summed E-state index contributed by atoms with van der Waals surface area (Å²) in [5.41, 5.74) is 1.94. The van der Waals surface area contributed by atoms with Crippen LogP contribution in [0.1, 0.15) is 23.1 Å². The van der Waals surface area contributed by atoms with Crippen LogP contribution in [0.15, 0.2) is 23.0 Å². The lowest BCUT2D eigenvalue weighted by atomic mass is 10.1. The van der Waals surface area contributed by atoms with Gasteiger partial charge in [-0.2, -0.15) is 0 Å². The zero-order valence-electron chi connectivity index (χ0n) is 10.4. The van der Waals surface area contributed by atoms with Gasteiger partial charge in [0, 0.05) is 5.56 Å². The monoisotopic (exact) mass is 262 g/mol. The predicted octanol–water partition coefficient (Wildman–Crippen LogP) is 0.152. The first-order valence-corrected chi connectivity index (χ1v) is 5.83. The molecule has 0 fully saturated rings. The van der Waals surface area contributed by atoms with Crippen molar-refractivity contribution in [1.29, 1.82) is 0 Å². The van der Waals surface area contributed by atoms with E-state index in [1.807, 2.05) is 6.92 Å². The van der Waals surface area contributed by atoms with Crippen LogP contribution in [-0.4, -0.2) is 27.6 Å². The van der Waals surface area contributed by atoms with Crippen molar-refractivity contribution >= 4 is 16.8 Å². The molecule has 1 aromatic heterocycles. The summed E-state index contributed by atoms with van der Waals surface area (Å²) in [6.07, 6.45) is 0. The number of aromatic nitrogens is 2. The van der Waals surface area contributed by atoms with Gasteiger partial charge < -0.3 is 10.3 Å². The Labute approximate surface area is 108 Å². The first-order chi connectivity index (χ1) is 9.15. The predicted molar refractivity (Wildman–Crippen MR) is 69.0 cm³/mol. The number of nitrogens with one attached hydrogen (secondary N) is 3. The SMILES string of the molecule is CCNCc1nc2cc(C(=O)NO)ccc2c(=O)[nH]1. The van der Waals surface area contributed by atoms with Crippen LogP contribution >= 0.6 is 0 Å². The molecule has 0 saturated carbocycles. The van der Waals surface area contributed by atoms with Gasteiger partial charge in [0.25, 0.3) is 11.5 Å². The normalized spacial score (nSPS) is 10.6. The number of aromatic amines is 1. The molecule has 4 N–H and O–H groups in total. The number of carbonyl (C=O) groups is 1. The maximum atomic E-state index is 11.8. The molecular formula is C12H14N4O3. The molecule has 7 nitrogen and oxygen atoms in total. The van der Waals surface area contributed by atoms with Crippen LogP contribution in [0.5, 0.6) is 0 Å². The summed E-state index contributed by atoms with van der Waals surface area (Å²) in [6.45, 7) is 3.15. The van der Waals surface area contributed by atoms with E-state index in [9.17, 15) is 9.59 Å². The van der Waals surface area contributed by atoms with Gasteiger partial charge in [-0.3, -0.25) is 14.8 Å². The molecule has 0 radical (unpaired) electrons. The van der Waals surface area contributed by atoms with Crippen molar-refractivity contribution < 1.29 is 10.0 Å². The fourth-order valence-electron chi connectivity index (χ4n) is 1.72. The molecule has 1 amide bonds. The van der Waals surface area contributed by atoms with Crippen LogP contribution in [-0.2, 0) is 6.54 Å². The minimum atomic E-state index is -0.641. The van der Waals surface area contributed by atoms with Crippen molar-refractivity contribution in [2.45, 2.75) is 13.5 Å². The maximum Gasteiger partial charge on any atom is 0.274 e. The van der Waals surface area contributed by atoms with Gasteiger partial charge in [-0.25, -0.2) is 10.5 Å². The standard InChI is InChI=1S/C12H14N4O3/c1-2-13-6-10-14-9-5-7(11(17)16-19)3-4-8(9)12(18)15-10/h3-5,13,19H,2,6H2,1H3,(H,16,17)(H,14,15,18). The molecule has 0 aliphatic rings. The highest BCUT2D eigenvalue weighted by atomic mass is 16.5. The van der Waals surface area contributed by atoms with Gasteiger partial charge in [-0.15, -0.1) is 0 Å². The van der Waals surface area contributed by atoms with Crippen molar-refractivity contribution in [2.24, 2.45) is 0 Å². The van der Waals surface area contributed by atoms with Gasteiger partial charge in [-0.1, -0.05) is 6.92 Å². The Morgan fingerprint density at radius 1 is 1.47 bits per heavy atom. The summed E-state index contributed by atoms with van der Waals surface area (Å²) < 4.78 is 0. The van der Waals surface area contributed by atoms with Crippen LogP contribution < -0.4 is 16.4 Å². The van der Waals surface area contributed by atoms with E-state index in [4.69, 9.17) is 5.21 Å². The summed E-state index contributed by atoms with van der Waals surface area (Å²) in [5, 5.41) is 12.0. The van der Waals surface area contributed by atoms with Crippen LogP contribution in [0.4, 0.5) is 0 Å². The molecule has 1 heterocycles. The van der Waals surface area contributed by atoms with Crippen molar-refractivity contribution in [2.75, 3.05) is 6.54 Å². The number of carbonyl (C=O) groups excluding carboxylic acids is 1. The summed E-state index contributed by atoms with van der Waals surface area (Å²) in [5.74, 6) is -0.141. The third-order valence-electron chi connectivity index (χ3n) is 2.66. The van der Waals surface area contributed by atoms with Gasteiger partial charge in [-0.05, 0) is 24.7 Å². The Morgan fingerprint density at radius 3 is 2.95 bits per heavy atom. The number of hydrogen-bond acceptors (Lipinski definition) is 5. The summed E-state index contributed by atoms with van der Waals surface area (Å²) in [6, 6.07) is 4.42. The second kappa shape index (κ2) is 5.59. The molecule has 1 aromatic carbocycles. The van der Waals surface area contributed by atoms with Crippen molar-refractivity contribution in [3.05, 3.63) is 39.9 Å². The smallest absolute Gasteiger partial charge is 0.274 e. The maximum absolute atomic E-state index is 11.8. The Bertz CT molecular complexity index is 666. The molecule has 2 rings (SSSR count). The lowest BCUT2D eigenvalue weighted by Gasteiger charge is -2.05. The van der Waals surface area contributed by atoms with Crippen LogP contribution in [0.2, 0.25) is 0 Å². The van der Waals surface area contributed by atoms with E-state index in [1.54, 1.807) is 5.48 Å². The molecule has 100 valence electrons. The Balaban J connectivity index is 2.50. The molecule has 7 heteroatoms. The molecule has 0 spiro atoms. The second-order valence-corrected chi connectivity index (χ2v) is 3.97. The number of nitrogens with zero attached hydrogens (tertiary/aromatic N) is 1. The third-order valence-corrected chi connectivity index (χ3v) is 2.66. The van der Waals surface area contributed by atoms with Crippen LogP contribution in [0.3, 0.4) is 0 Å². The van der Waals surface area contributed by atoms with Crippen molar-refractivity contribution in [3.8, 4) is 0 Å². The molecule has 0 saturated heterocycles. The quantitative estimate of drug-likeness (QED) is 0.463. The zero-order valence-corrected chi connectivity index (χ0v) is 10.4. The molecule has 2 aromatic rings. The highest BCUT2D eigenvalue weighted by Gasteiger charge is 2.08. The molecule has 0 atom stereocenters. The number of benzene rings is 1. The van der Waals surface area contributed by atoms with Crippen molar-refractivity contribution in [3.63, 3.8) is 0 Å². The zero-order chi connectivity index (χ0) is 13.8. The minimum absolute atomic E-state index is 0.238. The lowest BCUT2D eigenvalue weighted by molar-refractivity contribution is 0.0706. The topological polar surface area (TPSA) is 107 Å². The molecule has 0 aliphatic heterocycles. The van der Waals surface area contributed by atoms with E-state index < -0.39 is 5.91 Å². The lowest BCUT2D eigenvalue weighted by Crippen LogP contribution is -2.20. The highest BCUT2D eigenvalue weighted by Crippen LogP contribution is 2.10. The number of amides is 1. The molecular weight excluding hydrogens is 248 g/mol. The Morgan fingerprint density at radius 2 is 2.26 bits per heavy atom. The number of hydroxylamine groups is 1. The number of rotatable bonds is 4. The van der Waals surface area contributed by atoms with E-state index in [0.717, 1.165) is 6.54 Å². The van der Waals surface area contributed by atoms with E-state index in [2.05, 4.69) is 15.3 Å². The van der Waals surface area contributed by atoms with Gasteiger partial charge in [0.05, 0.1) is 17.4 Å². The van der Waals surface area contributed by atoms with Crippen LogP contribution in [0, 0.1) is 0 Å². The average molecular weight is 262 g/mol. The first-order valence-electron chi connectivity index (χ1n) is 5.83. The number of fused-ring (bicyclic) bond motifs is 1. The van der Waals surface area contributed by atoms with E-state index >= 15 is 0 Å². The van der Waals surface area contributed by atoms with E-state index in [-0.39, 0.29) is 11.1 Å². The third kappa shape index (κ3) is 2.78. The molecule has 0 unspecified atom stereocenters. The average Bonchev–Trinajstić information content (AvgIpc) is 2.43. The van der Waals surface area contributed by atoms with Gasteiger partial charge in [0.1, 0.15) is 5.82 Å². The van der Waals surface area contributed by atoms with Crippen molar-refractivity contribution in [1.82, 2.24) is 20.8 Å². The fourth-order valence-corrected chi connectivity index (χ4v) is 1.72. The Kier molecular flexibility index (Phi) is 3.88. The fraction of sp³-hybridized carbons (Fsp3) is 0.250. The minimum Gasteiger partial charge on any atom is -0.310 e. The van der Waals surface area contributed by atoms with Gasteiger partial charge in [0.15, 0.2) is 0 Å². The second-order valence-electron chi connectivity index (χ2n) is 3.97. The summed E-state index contributed by atoms with van der Waals surface area (Å²) in [4.78, 5) is 30.1. The van der Waals surface area contributed by atoms with E-state index in [0.29, 0.717) is 23.3 Å². The summed E-state index contributed by atoms with van der Waals surface area (Å²) >= 11 is 0. The van der Waals surface area contributed by atoms with E-state index in [1.165, 1.54) is 18.2 Å². The molecule has 0 bridgehead atoms. The van der Waals surface area contributed by atoms with Crippen LogP contribution in [0.25, 0.3) is 10.9 Å². The number of hydrogen-bond donors (Lipinski definition) is 4.